The Balaban J connectivity index is 2.06. The van der Waals surface area contributed by atoms with Crippen molar-refractivity contribution < 1.29 is 13.5 Å². The molecule has 0 spiro atoms. The Kier molecular flexibility index (Phi) is 4.07. The van der Waals surface area contributed by atoms with Gasteiger partial charge in [0, 0.05) is 6.07 Å². The Bertz CT molecular complexity index is 600. The van der Waals surface area contributed by atoms with E-state index in [0.717, 1.165) is 17.7 Å². The number of anilines is 1. The fraction of sp³-hybridized carbons (Fsp3) is 0.0714. The zero-order chi connectivity index (χ0) is 13.7. The molecule has 0 heterocycles. The van der Waals surface area contributed by atoms with Crippen molar-refractivity contribution in [3.63, 3.8) is 0 Å². The number of nitrogens with zero attached hydrogens (tertiary/aromatic N) is 1. The molecule has 98 valence electrons. The number of methoxy groups -OCH3 is 1. The van der Waals surface area contributed by atoms with E-state index >= 15 is 0 Å². The van der Waals surface area contributed by atoms with E-state index < -0.39 is 11.6 Å². The Labute approximate surface area is 109 Å². The molecule has 2 aromatic carbocycles. The molecule has 19 heavy (non-hydrogen) atoms. The van der Waals surface area contributed by atoms with Crippen LogP contribution in [0, 0.1) is 11.6 Å². The maximum absolute atomic E-state index is 13.3. The second kappa shape index (κ2) is 5.95. The summed E-state index contributed by atoms with van der Waals surface area (Å²) in [6, 6.07) is 10.5. The lowest BCUT2D eigenvalue weighted by Crippen LogP contribution is -1.94. The molecule has 2 rings (SSSR count). The van der Waals surface area contributed by atoms with E-state index in [-0.39, 0.29) is 5.69 Å². The first-order chi connectivity index (χ1) is 9.19. The average Bonchev–Trinajstić information content (AvgIpc) is 2.41. The van der Waals surface area contributed by atoms with Gasteiger partial charge in [-0.1, -0.05) is 12.1 Å². The van der Waals surface area contributed by atoms with Crippen LogP contribution in [0.2, 0.25) is 0 Å². The number of hydrazone groups is 1. The number of nitrogens with one attached hydrogen (secondary N) is 1. The summed E-state index contributed by atoms with van der Waals surface area (Å²) in [5, 5.41) is 3.88. The lowest BCUT2D eigenvalue weighted by Gasteiger charge is -2.02. The van der Waals surface area contributed by atoms with E-state index in [1.54, 1.807) is 13.2 Å². The third-order valence-corrected chi connectivity index (χ3v) is 2.42. The molecule has 5 heteroatoms. The quantitative estimate of drug-likeness (QED) is 0.676. The number of ether oxygens (including phenoxy) is 1. The summed E-state index contributed by atoms with van der Waals surface area (Å²) >= 11 is 0. The van der Waals surface area contributed by atoms with Crippen molar-refractivity contribution in [3.05, 3.63) is 59.7 Å². The van der Waals surface area contributed by atoms with Gasteiger partial charge in [0.25, 0.3) is 0 Å². The van der Waals surface area contributed by atoms with Crippen LogP contribution in [-0.4, -0.2) is 13.3 Å². The van der Waals surface area contributed by atoms with Crippen LogP contribution in [0.25, 0.3) is 0 Å². The van der Waals surface area contributed by atoms with Gasteiger partial charge in [-0.15, -0.1) is 0 Å². The lowest BCUT2D eigenvalue weighted by atomic mass is 10.2. The zero-order valence-corrected chi connectivity index (χ0v) is 10.2. The Morgan fingerprint density at radius 3 is 2.74 bits per heavy atom. The second-order valence-corrected chi connectivity index (χ2v) is 3.77. The normalized spacial score (nSPS) is 10.7. The van der Waals surface area contributed by atoms with Gasteiger partial charge in [-0.05, 0) is 29.8 Å². The molecule has 0 aliphatic carbocycles. The van der Waals surface area contributed by atoms with Gasteiger partial charge >= 0.3 is 0 Å². The predicted octanol–water partition coefficient (Wildman–Crippen LogP) is 3.42. The molecule has 0 atom stereocenters. The first-order valence-electron chi connectivity index (χ1n) is 5.57. The van der Waals surface area contributed by atoms with E-state index in [0.29, 0.717) is 5.75 Å². The SMILES string of the molecule is COc1cccc(/C=N\Nc2ccc(F)cc2F)c1. The highest BCUT2D eigenvalue weighted by atomic mass is 19.1. The number of hydrogen-bond donors (Lipinski definition) is 1. The van der Waals surface area contributed by atoms with Crippen LogP contribution in [0.4, 0.5) is 14.5 Å². The topological polar surface area (TPSA) is 33.6 Å². The number of benzene rings is 2. The largest absolute Gasteiger partial charge is 0.497 e. The van der Waals surface area contributed by atoms with Gasteiger partial charge < -0.3 is 4.74 Å². The monoisotopic (exact) mass is 262 g/mol. The van der Waals surface area contributed by atoms with Crippen LogP contribution in [-0.2, 0) is 0 Å². The Morgan fingerprint density at radius 1 is 1.16 bits per heavy atom. The molecule has 0 amide bonds. The van der Waals surface area contributed by atoms with Crippen LogP contribution >= 0.6 is 0 Å². The number of rotatable bonds is 4. The van der Waals surface area contributed by atoms with Crippen LogP contribution in [0.5, 0.6) is 5.75 Å². The first kappa shape index (κ1) is 13.0. The van der Waals surface area contributed by atoms with Gasteiger partial charge in [0.1, 0.15) is 11.6 Å². The molecule has 0 unspecified atom stereocenters. The van der Waals surface area contributed by atoms with Crippen LogP contribution in [0.3, 0.4) is 0 Å². The Morgan fingerprint density at radius 2 is 2.00 bits per heavy atom. The highest BCUT2D eigenvalue weighted by molar-refractivity contribution is 5.80. The molecule has 0 radical (unpaired) electrons. The van der Waals surface area contributed by atoms with E-state index in [2.05, 4.69) is 10.5 Å². The van der Waals surface area contributed by atoms with Crippen molar-refractivity contribution in [2.24, 2.45) is 5.10 Å². The van der Waals surface area contributed by atoms with E-state index in [9.17, 15) is 8.78 Å². The fourth-order valence-electron chi connectivity index (χ4n) is 1.48. The molecule has 2 aromatic rings. The summed E-state index contributed by atoms with van der Waals surface area (Å²) < 4.78 is 31.1. The number of hydrogen-bond acceptors (Lipinski definition) is 3. The summed E-state index contributed by atoms with van der Waals surface area (Å²) in [6.45, 7) is 0. The van der Waals surface area contributed by atoms with E-state index in [1.807, 2.05) is 18.2 Å². The van der Waals surface area contributed by atoms with Crippen molar-refractivity contribution >= 4 is 11.9 Å². The highest BCUT2D eigenvalue weighted by Crippen LogP contribution is 2.15. The molecule has 1 N–H and O–H groups in total. The minimum Gasteiger partial charge on any atom is -0.497 e. The second-order valence-electron chi connectivity index (χ2n) is 3.77. The van der Waals surface area contributed by atoms with Crippen molar-refractivity contribution in [1.82, 2.24) is 0 Å². The third-order valence-electron chi connectivity index (χ3n) is 2.42. The summed E-state index contributed by atoms with van der Waals surface area (Å²) in [5.41, 5.74) is 3.43. The minimum absolute atomic E-state index is 0.112. The van der Waals surface area contributed by atoms with Gasteiger partial charge in [-0.25, -0.2) is 8.78 Å². The van der Waals surface area contributed by atoms with Gasteiger partial charge in [-0.3, -0.25) is 5.43 Å². The third kappa shape index (κ3) is 3.51. The van der Waals surface area contributed by atoms with Gasteiger partial charge in [-0.2, -0.15) is 5.10 Å². The highest BCUT2D eigenvalue weighted by Gasteiger charge is 2.01. The van der Waals surface area contributed by atoms with Crippen molar-refractivity contribution in [1.29, 1.82) is 0 Å². The molecule has 0 saturated carbocycles. The molecular formula is C14H12F2N2O. The van der Waals surface area contributed by atoms with Crippen molar-refractivity contribution in [3.8, 4) is 5.75 Å². The van der Waals surface area contributed by atoms with Gasteiger partial charge in [0.15, 0.2) is 5.82 Å². The van der Waals surface area contributed by atoms with E-state index in [4.69, 9.17) is 4.74 Å². The summed E-state index contributed by atoms with van der Waals surface area (Å²) in [6.07, 6.45) is 1.52. The molecule has 0 saturated heterocycles. The Hall–Kier alpha value is -2.43. The number of halogens is 2. The average molecular weight is 262 g/mol. The molecule has 0 fully saturated rings. The maximum atomic E-state index is 13.3. The van der Waals surface area contributed by atoms with Crippen LogP contribution in [0.15, 0.2) is 47.6 Å². The molecular weight excluding hydrogens is 250 g/mol. The summed E-state index contributed by atoms with van der Waals surface area (Å²) in [4.78, 5) is 0. The van der Waals surface area contributed by atoms with Crippen molar-refractivity contribution in [2.45, 2.75) is 0 Å². The van der Waals surface area contributed by atoms with Gasteiger partial charge in [0.05, 0.1) is 19.0 Å². The smallest absolute Gasteiger partial charge is 0.151 e. The predicted molar refractivity (Wildman–Crippen MR) is 70.6 cm³/mol. The van der Waals surface area contributed by atoms with Crippen molar-refractivity contribution in [2.75, 3.05) is 12.5 Å². The molecule has 0 aromatic heterocycles. The molecule has 0 aliphatic rings. The fourth-order valence-corrected chi connectivity index (χ4v) is 1.48. The molecule has 0 aliphatic heterocycles. The minimum atomic E-state index is -0.692. The summed E-state index contributed by atoms with van der Waals surface area (Å²) in [7, 11) is 1.57. The maximum Gasteiger partial charge on any atom is 0.151 e. The van der Waals surface area contributed by atoms with Crippen LogP contribution < -0.4 is 10.2 Å². The van der Waals surface area contributed by atoms with Crippen LogP contribution in [0.1, 0.15) is 5.56 Å². The lowest BCUT2D eigenvalue weighted by molar-refractivity contribution is 0.415. The zero-order valence-electron chi connectivity index (χ0n) is 10.2. The first-order valence-corrected chi connectivity index (χ1v) is 5.57. The molecule has 3 nitrogen and oxygen atoms in total. The van der Waals surface area contributed by atoms with Gasteiger partial charge in [0.2, 0.25) is 0 Å². The summed E-state index contributed by atoms with van der Waals surface area (Å²) in [5.74, 6) is -0.612. The standard InChI is InChI=1S/C14H12F2N2O/c1-19-12-4-2-3-10(7-12)9-17-18-14-6-5-11(15)8-13(14)16/h2-9,18H,1H3/b17-9-. The molecule has 0 bridgehead atoms. The van der Waals surface area contributed by atoms with E-state index in [1.165, 1.54) is 12.3 Å².